The van der Waals surface area contributed by atoms with Gasteiger partial charge in [-0.05, 0) is 37.8 Å². The summed E-state index contributed by atoms with van der Waals surface area (Å²) in [5.41, 5.74) is 1.26. The predicted molar refractivity (Wildman–Crippen MR) is 98.3 cm³/mol. The monoisotopic (exact) mass is 327 g/mol. The molecule has 3 atom stereocenters. The van der Waals surface area contributed by atoms with Crippen LogP contribution in [-0.4, -0.2) is 42.7 Å². The normalized spacial score (nSPS) is 32.2. The van der Waals surface area contributed by atoms with Crippen molar-refractivity contribution >= 4 is 11.6 Å². The first-order chi connectivity index (χ1) is 11.7. The molecule has 1 aromatic carbocycles. The Balaban J connectivity index is 1.59. The molecule has 3 fully saturated rings. The topological polar surface area (TPSA) is 36.9 Å². The lowest BCUT2D eigenvalue weighted by molar-refractivity contribution is -0.0987. The van der Waals surface area contributed by atoms with Gasteiger partial charge in [0.25, 0.3) is 0 Å². The van der Waals surface area contributed by atoms with Crippen molar-refractivity contribution < 1.29 is 4.74 Å². The first-order valence-electron chi connectivity index (χ1n) is 9.43. The molecule has 4 rings (SSSR count). The molecule has 1 aromatic rings. The van der Waals surface area contributed by atoms with Gasteiger partial charge < -0.3 is 15.0 Å². The molecule has 3 unspecified atom stereocenters. The Kier molecular flexibility index (Phi) is 4.25. The van der Waals surface area contributed by atoms with E-state index in [1.165, 1.54) is 19.3 Å². The highest BCUT2D eigenvalue weighted by Crippen LogP contribution is 2.54. The maximum Gasteiger partial charge on any atom is 0.198 e. The van der Waals surface area contributed by atoms with Crippen molar-refractivity contribution in [3.8, 4) is 0 Å². The maximum absolute atomic E-state index is 5.94. The summed E-state index contributed by atoms with van der Waals surface area (Å²) >= 11 is 0. The van der Waals surface area contributed by atoms with Crippen molar-refractivity contribution in [3.05, 3.63) is 30.3 Å². The highest BCUT2D eigenvalue weighted by atomic mass is 16.5. The van der Waals surface area contributed by atoms with Gasteiger partial charge in [0.2, 0.25) is 0 Å². The Morgan fingerprint density at radius 1 is 1.17 bits per heavy atom. The van der Waals surface area contributed by atoms with E-state index >= 15 is 0 Å². The molecule has 0 radical (unpaired) electrons. The minimum Gasteiger partial charge on any atom is -0.377 e. The van der Waals surface area contributed by atoms with E-state index in [2.05, 4.69) is 54.4 Å². The summed E-state index contributed by atoms with van der Waals surface area (Å²) < 4.78 is 5.94. The van der Waals surface area contributed by atoms with Gasteiger partial charge in [0.1, 0.15) is 0 Å². The number of aliphatic imine (C=N–C) groups is 1. The minimum absolute atomic E-state index is 0.139. The Bertz CT molecular complexity index is 592. The Morgan fingerprint density at radius 3 is 2.67 bits per heavy atom. The number of anilines is 1. The van der Waals surface area contributed by atoms with Crippen LogP contribution in [0.3, 0.4) is 0 Å². The number of piperidine rings is 1. The lowest BCUT2D eigenvalue weighted by atomic mass is 9.57. The molecule has 24 heavy (non-hydrogen) atoms. The van der Waals surface area contributed by atoms with Gasteiger partial charge in [-0.25, -0.2) is 4.99 Å². The van der Waals surface area contributed by atoms with Gasteiger partial charge in [-0.2, -0.15) is 0 Å². The Morgan fingerprint density at radius 2 is 1.92 bits per heavy atom. The Labute approximate surface area is 145 Å². The van der Waals surface area contributed by atoms with Crippen LogP contribution in [0.25, 0.3) is 0 Å². The van der Waals surface area contributed by atoms with E-state index < -0.39 is 0 Å². The van der Waals surface area contributed by atoms with Gasteiger partial charge in [0, 0.05) is 36.7 Å². The average Bonchev–Trinajstić information content (AvgIpc) is 3.07. The molecule has 130 valence electrons. The third-order valence-electron chi connectivity index (χ3n) is 5.99. The fraction of sp³-hybridized carbons (Fsp3) is 0.650. The van der Waals surface area contributed by atoms with E-state index in [4.69, 9.17) is 9.73 Å². The lowest BCUT2D eigenvalue weighted by Gasteiger charge is -2.52. The largest absolute Gasteiger partial charge is 0.377 e. The van der Waals surface area contributed by atoms with Gasteiger partial charge >= 0.3 is 0 Å². The van der Waals surface area contributed by atoms with Gasteiger partial charge in [-0.3, -0.25) is 0 Å². The van der Waals surface area contributed by atoms with Crippen molar-refractivity contribution in [2.45, 2.75) is 51.7 Å². The van der Waals surface area contributed by atoms with Crippen LogP contribution in [0.5, 0.6) is 0 Å². The van der Waals surface area contributed by atoms with Crippen LogP contribution < -0.4 is 5.32 Å². The standard InChI is InChI=1S/C20H29N3O/c1-20(2)17(16-11-14-24-18(16)20)22-19(23-12-7-4-8-13-23)21-15-9-5-3-6-10-15/h3,5-6,9-10,16-18H,4,7-8,11-14H2,1-2H3,(H,21,22). The summed E-state index contributed by atoms with van der Waals surface area (Å²) in [5, 5.41) is 3.60. The van der Waals surface area contributed by atoms with E-state index in [9.17, 15) is 0 Å². The molecule has 0 spiro atoms. The summed E-state index contributed by atoms with van der Waals surface area (Å²) in [5.74, 6) is 1.65. The maximum atomic E-state index is 5.94. The zero-order chi connectivity index (χ0) is 16.6. The second-order valence-electron chi connectivity index (χ2n) is 8.00. The van der Waals surface area contributed by atoms with E-state index in [-0.39, 0.29) is 5.41 Å². The molecule has 2 saturated heterocycles. The van der Waals surface area contributed by atoms with Crippen LogP contribution in [0.2, 0.25) is 0 Å². The molecule has 1 aliphatic carbocycles. The van der Waals surface area contributed by atoms with E-state index in [1.54, 1.807) is 0 Å². The summed E-state index contributed by atoms with van der Waals surface area (Å²) in [7, 11) is 0. The number of nitrogens with zero attached hydrogens (tertiary/aromatic N) is 2. The first-order valence-corrected chi connectivity index (χ1v) is 9.43. The third-order valence-corrected chi connectivity index (χ3v) is 5.99. The van der Waals surface area contributed by atoms with Crippen LogP contribution in [-0.2, 0) is 4.74 Å². The number of nitrogens with one attached hydrogen (secondary N) is 1. The highest BCUT2D eigenvalue weighted by Gasteiger charge is 2.59. The smallest absolute Gasteiger partial charge is 0.198 e. The molecule has 4 heteroatoms. The van der Waals surface area contributed by atoms with Crippen LogP contribution in [0.15, 0.2) is 35.3 Å². The summed E-state index contributed by atoms with van der Waals surface area (Å²) in [6.45, 7) is 7.73. The Hall–Kier alpha value is -1.55. The zero-order valence-corrected chi connectivity index (χ0v) is 14.9. The SMILES string of the molecule is CC1(C)C(N=C(Nc2ccccc2)N2CCCCC2)C2CCOC21. The lowest BCUT2D eigenvalue weighted by Crippen LogP contribution is -2.59. The molecule has 1 N–H and O–H groups in total. The summed E-state index contributed by atoms with van der Waals surface area (Å²) in [6.07, 6.45) is 5.41. The van der Waals surface area contributed by atoms with Crippen LogP contribution >= 0.6 is 0 Å². The van der Waals surface area contributed by atoms with Gasteiger partial charge in [0.15, 0.2) is 5.96 Å². The van der Waals surface area contributed by atoms with Crippen molar-refractivity contribution in [1.82, 2.24) is 4.90 Å². The molecule has 0 amide bonds. The highest BCUT2D eigenvalue weighted by molar-refractivity contribution is 5.94. The molecule has 4 nitrogen and oxygen atoms in total. The molecule has 3 aliphatic rings. The van der Waals surface area contributed by atoms with E-state index in [0.29, 0.717) is 18.1 Å². The quantitative estimate of drug-likeness (QED) is 0.664. The number of hydrogen-bond acceptors (Lipinski definition) is 2. The summed E-state index contributed by atoms with van der Waals surface area (Å²) in [4.78, 5) is 7.69. The molecular weight excluding hydrogens is 298 g/mol. The van der Waals surface area contributed by atoms with Crippen molar-refractivity contribution in [1.29, 1.82) is 0 Å². The van der Waals surface area contributed by atoms with E-state index in [0.717, 1.165) is 37.8 Å². The molecule has 2 aliphatic heterocycles. The van der Waals surface area contributed by atoms with Crippen LogP contribution in [0.1, 0.15) is 39.5 Å². The summed E-state index contributed by atoms with van der Waals surface area (Å²) in [6, 6.07) is 10.8. The molecule has 0 bridgehead atoms. The average molecular weight is 327 g/mol. The number of likely N-dealkylation sites (tertiary alicyclic amines) is 1. The first kappa shape index (κ1) is 15.9. The van der Waals surface area contributed by atoms with Crippen molar-refractivity contribution in [3.63, 3.8) is 0 Å². The molecule has 2 heterocycles. The van der Waals surface area contributed by atoms with Crippen molar-refractivity contribution in [2.75, 3.05) is 25.0 Å². The van der Waals surface area contributed by atoms with Gasteiger partial charge in [-0.1, -0.05) is 32.0 Å². The number of rotatable bonds is 2. The van der Waals surface area contributed by atoms with Crippen LogP contribution in [0.4, 0.5) is 5.69 Å². The number of benzene rings is 1. The fourth-order valence-corrected chi connectivity index (χ4v) is 4.64. The number of hydrogen-bond donors (Lipinski definition) is 1. The van der Waals surface area contributed by atoms with E-state index in [1.807, 2.05) is 0 Å². The van der Waals surface area contributed by atoms with Gasteiger partial charge in [-0.15, -0.1) is 0 Å². The van der Waals surface area contributed by atoms with Gasteiger partial charge in [0.05, 0.1) is 12.1 Å². The third kappa shape index (κ3) is 2.81. The molecule has 0 aromatic heterocycles. The van der Waals surface area contributed by atoms with Crippen molar-refractivity contribution in [2.24, 2.45) is 16.3 Å². The molecular formula is C20H29N3O. The number of fused-ring (bicyclic) bond motifs is 1. The minimum atomic E-state index is 0.139. The predicted octanol–water partition coefficient (Wildman–Crippen LogP) is 3.75. The number of guanidine groups is 1. The zero-order valence-electron chi connectivity index (χ0n) is 14.9. The fourth-order valence-electron chi connectivity index (χ4n) is 4.64. The number of ether oxygens (including phenoxy) is 1. The second-order valence-corrected chi connectivity index (χ2v) is 8.00. The number of para-hydroxylation sites is 1. The second kappa shape index (κ2) is 6.40. The van der Waals surface area contributed by atoms with Crippen LogP contribution in [0, 0.1) is 11.3 Å². The molecule has 1 saturated carbocycles.